The number of nitrogens with one attached hydrogen (secondary N) is 1. The van der Waals surface area contributed by atoms with Crippen LogP contribution in [0.3, 0.4) is 0 Å². The highest BCUT2D eigenvalue weighted by molar-refractivity contribution is 6.05. The highest BCUT2D eigenvalue weighted by Gasteiger charge is 2.08. The van der Waals surface area contributed by atoms with Gasteiger partial charge in [-0.3, -0.25) is 9.59 Å². The van der Waals surface area contributed by atoms with E-state index in [0.717, 1.165) is 5.56 Å². The van der Waals surface area contributed by atoms with Crippen molar-refractivity contribution in [3.63, 3.8) is 0 Å². The van der Waals surface area contributed by atoms with E-state index < -0.39 is 0 Å². The Hall–Kier alpha value is -3.28. The minimum absolute atomic E-state index is 0.0384. The molecule has 3 aromatic rings. The Morgan fingerprint density at radius 1 is 1.08 bits per heavy atom. The maximum absolute atomic E-state index is 12.3. The molecule has 0 unspecified atom stereocenters. The third kappa shape index (κ3) is 3.73. The molecule has 3 rings (SSSR count). The molecule has 0 atom stereocenters. The summed E-state index contributed by atoms with van der Waals surface area (Å²) in [6.45, 7) is 2.09. The molecule has 0 aliphatic heterocycles. The first-order valence-electron chi connectivity index (χ1n) is 7.45. The van der Waals surface area contributed by atoms with Gasteiger partial charge in [-0.2, -0.15) is 5.10 Å². The van der Waals surface area contributed by atoms with E-state index in [2.05, 4.69) is 15.4 Å². The summed E-state index contributed by atoms with van der Waals surface area (Å²) >= 11 is 0. The molecule has 2 aromatic carbocycles. The number of anilines is 1. The van der Waals surface area contributed by atoms with Crippen LogP contribution in [0.25, 0.3) is 0 Å². The van der Waals surface area contributed by atoms with Crippen molar-refractivity contribution in [2.24, 2.45) is 0 Å². The lowest BCUT2D eigenvalue weighted by Gasteiger charge is -2.07. The molecule has 0 aliphatic carbocycles. The maximum atomic E-state index is 12.3. The largest absolute Gasteiger partial charge is 0.322 e. The van der Waals surface area contributed by atoms with Gasteiger partial charge in [-0.1, -0.05) is 24.3 Å². The molecule has 1 N–H and O–H groups in total. The lowest BCUT2D eigenvalue weighted by atomic mass is 10.1. The van der Waals surface area contributed by atoms with Crippen LogP contribution >= 0.6 is 0 Å². The number of hydrogen-bond donors (Lipinski definition) is 1. The van der Waals surface area contributed by atoms with Crippen LogP contribution in [0.1, 0.15) is 33.2 Å². The Kier molecular flexibility index (Phi) is 4.47. The third-order valence-corrected chi connectivity index (χ3v) is 3.55. The Morgan fingerprint density at radius 3 is 2.54 bits per heavy atom. The van der Waals surface area contributed by atoms with Crippen LogP contribution < -0.4 is 5.32 Å². The Bertz CT molecular complexity index is 855. The van der Waals surface area contributed by atoms with Crippen molar-refractivity contribution in [2.75, 3.05) is 5.32 Å². The average Bonchev–Trinajstić information content (AvgIpc) is 3.08. The first-order valence-corrected chi connectivity index (χ1v) is 7.45. The van der Waals surface area contributed by atoms with E-state index in [4.69, 9.17) is 0 Å². The zero-order valence-corrected chi connectivity index (χ0v) is 13.1. The fraction of sp³-hybridized carbons (Fsp3) is 0.111. The predicted molar refractivity (Wildman–Crippen MR) is 90.0 cm³/mol. The van der Waals surface area contributed by atoms with E-state index in [0.29, 0.717) is 23.4 Å². The molecule has 0 saturated heterocycles. The maximum Gasteiger partial charge on any atom is 0.255 e. The van der Waals surface area contributed by atoms with Crippen molar-refractivity contribution in [3.8, 4) is 0 Å². The number of amides is 1. The number of Topliss-reactive ketones (excluding diaryl/α,β-unsaturated/α-hetero) is 1. The molecule has 1 heterocycles. The quantitative estimate of drug-likeness (QED) is 0.733. The van der Waals surface area contributed by atoms with Crippen LogP contribution in [0.15, 0.2) is 61.2 Å². The van der Waals surface area contributed by atoms with Crippen molar-refractivity contribution < 1.29 is 9.59 Å². The molecular weight excluding hydrogens is 304 g/mol. The summed E-state index contributed by atoms with van der Waals surface area (Å²) in [6, 6.07) is 14.2. The molecular formula is C18H16N4O2. The molecule has 6 heteroatoms. The van der Waals surface area contributed by atoms with Gasteiger partial charge in [0.2, 0.25) is 0 Å². The summed E-state index contributed by atoms with van der Waals surface area (Å²) in [6.07, 6.45) is 3.12. The molecule has 6 nitrogen and oxygen atoms in total. The summed E-state index contributed by atoms with van der Waals surface area (Å²) in [7, 11) is 0. The molecule has 120 valence electrons. The van der Waals surface area contributed by atoms with Gasteiger partial charge in [0.25, 0.3) is 5.91 Å². The van der Waals surface area contributed by atoms with Crippen molar-refractivity contribution in [2.45, 2.75) is 13.5 Å². The van der Waals surface area contributed by atoms with Crippen LogP contribution in [-0.2, 0) is 6.54 Å². The van der Waals surface area contributed by atoms with E-state index in [9.17, 15) is 9.59 Å². The van der Waals surface area contributed by atoms with Gasteiger partial charge in [-0.15, -0.1) is 0 Å². The molecule has 1 aromatic heterocycles. The van der Waals surface area contributed by atoms with Gasteiger partial charge in [0.15, 0.2) is 5.78 Å². The third-order valence-electron chi connectivity index (χ3n) is 3.55. The second kappa shape index (κ2) is 6.87. The fourth-order valence-electron chi connectivity index (χ4n) is 2.28. The highest BCUT2D eigenvalue weighted by atomic mass is 16.1. The topological polar surface area (TPSA) is 76.9 Å². The van der Waals surface area contributed by atoms with Gasteiger partial charge in [0.05, 0.1) is 6.54 Å². The van der Waals surface area contributed by atoms with Crippen molar-refractivity contribution in [1.29, 1.82) is 0 Å². The lowest BCUT2D eigenvalue weighted by molar-refractivity contribution is 0.101. The van der Waals surface area contributed by atoms with Crippen LogP contribution in [0.5, 0.6) is 0 Å². The molecule has 0 bridgehead atoms. The number of hydrogen-bond acceptors (Lipinski definition) is 4. The van der Waals surface area contributed by atoms with Crippen molar-refractivity contribution in [3.05, 3.63) is 77.9 Å². The second-order valence-electron chi connectivity index (χ2n) is 5.38. The van der Waals surface area contributed by atoms with Crippen molar-refractivity contribution in [1.82, 2.24) is 14.8 Å². The van der Waals surface area contributed by atoms with E-state index >= 15 is 0 Å². The van der Waals surface area contributed by atoms with E-state index in [1.54, 1.807) is 47.4 Å². The normalized spacial score (nSPS) is 10.4. The molecule has 24 heavy (non-hydrogen) atoms. The van der Waals surface area contributed by atoms with Gasteiger partial charge in [0, 0.05) is 16.8 Å². The van der Waals surface area contributed by atoms with Gasteiger partial charge in [0.1, 0.15) is 12.7 Å². The van der Waals surface area contributed by atoms with Crippen LogP contribution in [0.2, 0.25) is 0 Å². The molecule has 0 radical (unpaired) electrons. The van der Waals surface area contributed by atoms with Crippen LogP contribution in [0, 0.1) is 0 Å². The van der Waals surface area contributed by atoms with Gasteiger partial charge >= 0.3 is 0 Å². The molecule has 0 spiro atoms. The summed E-state index contributed by atoms with van der Waals surface area (Å²) in [5, 5.41) is 6.85. The summed E-state index contributed by atoms with van der Waals surface area (Å²) in [4.78, 5) is 27.6. The smallest absolute Gasteiger partial charge is 0.255 e. The van der Waals surface area contributed by atoms with Gasteiger partial charge in [-0.25, -0.2) is 9.67 Å². The number of carbonyl (C=O) groups is 2. The molecule has 0 aliphatic rings. The van der Waals surface area contributed by atoms with E-state index in [-0.39, 0.29) is 11.7 Å². The summed E-state index contributed by atoms with van der Waals surface area (Å²) in [5.74, 6) is -0.258. The number of aromatic nitrogens is 3. The standard InChI is InChI=1S/C18H16N4O2/c1-13(23)16-3-2-4-17(9-16)21-18(24)15-7-5-14(6-8-15)10-22-12-19-11-20-22/h2-9,11-12H,10H2,1H3,(H,21,24). The Balaban J connectivity index is 1.69. The first kappa shape index (κ1) is 15.6. The Morgan fingerprint density at radius 2 is 1.88 bits per heavy atom. The SMILES string of the molecule is CC(=O)c1cccc(NC(=O)c2ccc(Cn3cncn3)cc2)c1. The zero-order valence-electron chi connectivity index (χ0n) is 13.1. The molecule has 0 saturated carbocycles. The second-order valence-corrected chi connectivity index (χ2v) is 5.38. The monoisotopic (exact) mass is 320 g/mol. The fourth-order valence-corrected chi connectivity index (χ4v) is 2.28. The number of ketones is 1. The minimum Gasteiger partial charge on any atom is -0.322 e. The Labute approximate surface area is 139 Å². The minimum atomic E-state index is -0.219. The van der Waals surface area contributed by atoms with Crippen LogP contribution in [-0.4, -0.2) is 26.5 Å². The number of carbonyl (C=O) groups excluding carboxylic acids is 2. The summed E-state index contributed by atoms with van der Waals surface area (Å²) < 4.78 is 1.71. The van der Waals surface area contributed by atoms with E-state index in [1.165, 1.54) is 13.3 Å². The molecule has 0 fully saturated rings. The van der Waals surface area contributed by atoms with Crippen molar-refractivity contribution >= 4 is 17.4 Å². The summed E-state index contributed by atoms with van der Waals surface area (Å²) in [5.41, 5.74) is 2.73. The van der Waals surface area contributed by atoms with Crippen LogP contribution in [0.4, 0.5) is 5.69 Å². The van der Waals surface area contributed by atoms with Gasteiger partial charge in [-0.05, 0) is 36.8 Å². The number of rotatable bonds is 5. The number of benzene rings is 2. The zero-order chi connectivity index (χ0) is 16.9. The molecule has 1 amide bonds. The first-order chi connectivity index (χ1) is 11.6. The predicted octanol–water partition coefficient (Wildman–Crippen LogP) is 2.78. The van der Waals surface area contributed by atoms with E-state index in [1.807, 2.05) is 12.1 Å². The number of nitrogens with zero attached hydrogens (tertiary/aromatic N) is 3. The highest BCUT2D eigenvalue weighted by Crippen LogP contribution is 2.13. The lowest BCUT2D eigenvalue weighted by Crippen LogP contribution is -2.12. The van der Waals surface area contributed by atoms with Gasteiger partial charge < -0.3 is 5.32 Å². The average molecular weight is 320 g/mol.